The molecule has 0 aromatic rings. The lowest BCUT2D eigenvalue weighted by Crippen LogP contribution is -2.51. The van der Waals surface area contributed by atoms with Crippen molar-refractivity contribution in [3.63, 3.8) is 0 Å². The fourth-order valence-corrected chi connectivity index (χ4v) is 2.59. The van der Waals surface area contributed by atoms with Crippen LogP contribution in [0.3, 0.4) is 0 Å². The Morgan fingerprint density at radius 3 is 2.31 bits per heavy atom. The number of nitrogens with zero attached hydrogens (tertiary/aromatic N) is 2. The van der Waals surface area contributed by atoms with Crippen molar-refractivity contribution >= 4 is 28.8 Å². The van der Waals surface area contributed by atoms with Gasteiger partial charge in [0.1, 0.15) is 11.3 Å². The number of carbonyl (C=O) groups excluding carboxylic acids is 1. The first-order valence-corrected chi connectivity index (χ1v) is 6.44. The molecule has 0 bridgehead atoms. The number of nitrogens with one attached hydrogen (secondary N) is 1. The second kappa shape index (κ2) is 4.08. The van der Waals surface area contributed by atoms with E-state index in [2.05, 4.69) is 31.3 Å². The lowest BCUT2D eigenvalue weighted by atomic mass is 10.0. The summed E-state index contributed by atoms with van der Waals surface area (Å²) in [4.78, 5) is 14.2. The number of methoxy groups -OCH3 is 1. The zero-order chi connectivity index (χ0) is 12.0. The molecular weight excluding hydrogens is 321 g/mol. The molecule has 0 saturated carbocycles. The van der Waals surface area contributed by atoms with Gasteiger partial charge in [0.15, 0.2) is 0 Å². The minimum Gasteiger partial charge on any atom is -0.362 e. The van der Waals surface area contributed by atoms with Gasteiger partial charge in [-0.25, -0.2) is 3.11 Å². The van der Waals surface area contributed by atoms with Crippen molar-refractivity contribution in [2.24, 2.45) is 0 Å². The molecule has 2 rings (SSSR count). The minimum atomic E-state index is -0.546. The molecule has 0 aromatic carbocycles. The lowest BCUT2D eigenvalue weighted by Gasteiger charge is -2.33. The maximum atomic E-state index is 12.3. The van der Waals surface area contributed by atoms with E-state index in [0.717, 1.165) is 26.2 Å². The summed E-state index contributed by atoms with van der Waals surface area (Å²) >= 11 is 2.30. The predicted molar refractivity (Wildman–Crippen MR) is 69.1 cm³/mol. The Morgan fingerprint density at radius 2 is 1.88 bits per heavy atom. The summed E-state index contributed by atoms with van der Waals surface area (Å²) in [5, 5.41) is 3.15. The number of carbonyl (C=O) groups is 1. The molecule has 2 fully saturated rings. The Bertz CT molecular complexity index is 306. The number of rotatable bonds is 2. The topological polar surface area (TPSA) is 54.7 Å². The lowest BCUT2D eigenvalue weighted by molar-refractivity contribution is -0.136. The molecule has 2 aliphatic heterocycles. The van der Waals surface area contributed by atoms with Crippen molar-refractivity contribution in [3.05, 3.63) is 0 Å². The summed E-state index contributed by atoms with van der Waals surface area (Å²) in [5.41, 5.74) is -1.04. The Hall–Kier alpha value is 0.0800. The number of amides is 1. The first kappa shape index (κ1) is 12.5. The van der Waals surface area contributed by atoms with Crippen LogP contribution in [0.2, 0.25) is 0 Å². The third-order valence-electron chi connectivity index (χ3n) is 3.73. The molecule has 0 spiro atoms. The molecule has 2 atom stereocenters. The third-order valence-corrected chi connectivity index (χ3v) is 4.69. The highest BCUT2D eigenvalue weighted by molar-refractivity contribution is 14.1. The van der Waals surface area contributed by atoms with Crippen molar-refractivity contribution in [1.82, 2.24) is 13.3 Å². The first-order valence-electron chi connectivity index (χ1n) is 5.47. The highest BCUT2D eigenvalue weighted by atomic mass is 127. The summed E-state index contributed by atoms with van der Waals surface area (Å²) < 4.78 is 7.53. The van der Waals surface area contributed by atoms with Gasteiger partial charge in [0.2, 0.25) is 5.91 Å². The van der Waals surface area contributed by atoms with Crippen molar-refractivity contribution in [3.8, 4) is 0 Å². The summed E-state index contributed by atoms with van der Waals surface area (Å²) in [6.07, 6.45) is 0. The molecular formula is C10H18IN3O2. The first-order chi connectivity index (χ1) is 7.43. The van der Waals surface area contributed by atoms with Gasteiger partial charge in [-0.2, -0.15) is 0 Å². The SMILES string of the molecule is COC1(C)NC1(C)C(=O)N1CCN(I)CC1. The van der Waals surface area contributed by atoms with Gasteiger partial charge in [0.25, 0.3) is 0 Å². The van der Waals surface area contributed by atoms with Gasteiger partial charge in [-0.05, 0) is 13.8 Å². The zero-order valence-corrected chi connectivity index (χ0v) is 12.1. The van der Waals surface area contributed by atoms with Gasteiger partial charge in [0.05, 0.1) is 0 Å². The number of piperazine rings is 1. The van der Waals surface area contributed by atoms with Gasteiger partial charge in [0, 0.05) is 56.2 Å². The fraction of sp³-hybridized carbons (Fsp3) is 0.900. The highest BCUT2D eigenvalue weighted by Gasteiger charge is 2.67. The van der Waals surface area contributed by atoms with E-state index in [1.807, 2.05) is 18.7 Å². The van der Waals surface area contributed by atoms with Crippen LogP contribution in [0.1, 0.15) is 13.8 Å². The van der Waals surface area contributed by atoms with Gasteiger partial charge >= 0.3 is 0 Å². The molecule has 0 aromatic heterocycles. The van der Waals surface area contributed by atoms with Crippen LogP contribution in [0, 0.1) is 0 Å². The van der Waals surface area contributed by atoms with Crippen LogP contribution in [-0.2, 0) is 9.53 Å². The average molecular weight is 339 g/mol. The average Bonchev–Trinajstić information content (AvgIpc) is 2.84. The second-order valence-electron chi connectivity index (χ2n) is 4.69. The van der Waals surface area contributed by atoms with Crippen LogP contribution < -0.4 is 5.32 Å². The normalized spacial score (nSPS) is 39.9. The van der Waals surface area contributed by atoms with Gasteiger partial charge < -0.3 is 9.64 Å². The van der Waals surface area contributed by atoms with Gasteiger partial charge in [-0.15, -0.1) is 0 Å². The zero-order valence-electron chi connectivity index (χ0n) is 9.92. The van der Waals surface area contributed by atoms with Crippen molar-refractivity contribution in [1.29, 1.82) is 0 Å². The molecule has 0 radical (unpaired) electrons. The number of hydrogen-bond acceptors (Lipinski definition) is 4. The fourth-order valence-electron chi connectivity index (χ4n) is 2.16. The minimum absolute atomic E-state index is 0.154. The molecule has 2 heterocycles. The quantitative estimate of drug-likeness (QED) is 0.444. The summed E-state index contributed by atoms with van der Waals surface area (Å²) in [6.45, 7) is 7.31. The summed E-state index contributed by atoms with van der Waals surface area (Å²) in [7, 11) is 1.63. The van der Waals surface area contributed by atoms with Crippen LogP contribution in [0.25, 0.3) is 0 Å². The van der Waals surface area contributed by atoms with E-state index in [1.54, 1.807) is 7.11 Å². The Kier molecular flexibility index (Phi) is 3.19. The Morgan fingerprint density at radius 1 is 1.31 bits per heavy atom. The van der Waals surface area contributed by atoms with E-state index < -0.39 is 11.3 Å². The molecule has 5 nitrogen and oxygen atoms in total. The Labute approximate surface area is 110 Å². The van der Waals surface area contributed by atoms with Crippen molar-refractivity contribution < 1.29 is 9.53 Å². The van der Waals surface area contributed by atoms with E-state index >= 15 is 0 Å². The van der Waals surface area contributed by atoms with E-state index in [9.17, 15) is 4.79 Å². The molecule has 1 amide bonds. The van der Waals surface area contributed by atoms with Gasteiger partial charge in [-0.1, -0.05) is 0 Å². The number of ether oxygens (including phenoxy) is 1. The predicted octanol–water partition coefficient (Wildman–Crippen LogP) is 0.205. The van der Waals surface area contributed by atoms with Gasteiger partial charge in [-0.3, -0.25) is 10.1 Å². The molecule has 16 heavy (non-hydrogen) atoms. The largest absolute Gasteiger partial charge is 0.362 e. The second-order valence-corrected chi connectivity index (χ2v) is 6.05. The van der Waals surface area contributed by atoms with E-state index in [1.165, 1.54) is 0 Å². The standard InChI is InChI=1S/C10H18IN3O2/c1-9(10(2,12-9)16-3)8(15)13-4-6-14(11)7-5-13/h12H,4-7H2,1-3H3. The van der Waals surface area contributed by atoms with E-state index in [0.29, 0.717) is 0 Å². The maximum absolute atomic E-state index is 12.3. The maximum Gasteiger partial charge on any atom is 0.247 e. The molecule has 6 heteroatoms. The van der Waals surface area contributed by atoms with Crippen molar-refractivity contribution in [2.45, 2.75) is 25.1 Å². The van der Waals surface area contributed by atoms with Crippen LogP contribution in [0.5, 0.6) is 0 Å². The number of hydrogen-bond donors (Lipinski definition) is 1. The van der Waals surface area contributed by atoms with E-state index in [-0.39, 0.29) is 5.91 Å². The van der Waals surface area contributed by atoms with Crippen LogP contribution in [0.4, 0.5) is 0 Å². The third kappa shape index (κ3) is 1.85. The molecule has 2 unspecified atom stereocenters. The number of halogens is 1. The smallest absolute Gasteiger partial charge is 0.247 e. The Balaban J connectivity index is 1.99. The monoisotopic (exact) mass is 339 g/mol. The highest BCUT2D eigenvalue weighted by Crippen LogP contribution is 2.40. The molecule has 92 valence electrons. The summed E-state index contributed by atoms with van der Waals surface area (Å²) in [6, 6.07) is 0. The van der Waals surface area contributed by atoms with Crippen LogP contribution in [-0.4, -0.2) is 58.5 Å². The molecule has 1 N–H and O–H groups in total. The van der Waals surface area contributed by atoms with Crippen LogP contribution in [0.15, 0.2) is 0 Å². The summed E-state index contributed by atoms with van der Waals surface area (Å²) in [5.74, 6) is 0.154. The molecule has 0 aliphatic carbocycles. The molecule has 2 aliphatic rings. The van der Waals surface area contributed by atoms with Crippen LogP contribution >= 0.6 is 22.9 Å². The molecule has 2 saturated heterocycles. The van der Waals surface area contributed by atoms with Crippen molar-refractivity contribution in [2.75, 3.05) is 33.3 Å². The van der Waals surface area contributed by atoms with E-state index in [4.69, 9.17) is 4.74 Å².